The highest BCUT2D eigenvalue weighted by Gasteiger charge is 2.36. The van der Waals surface area contributed by atoms with Crippen molar-refractivity contribution in [1.82, 2.24) is 4.57 Å². The number of carbonyl (C=O) groups is 1. The van der Waals surface area contributed by atoms with E-state index in [0.717, 1.165) is 22.4 Å². The minimum absolute atomic E-state index is 0.0783. The quantitative estimate of drug-likeness (QED) is 0.155. The number of fused-ring (bicyclic) bond motifs is 1. The summed E-state index contributed by atoms with van der Waals surface area (Å²) in [4.78, 5) is 44.1. The average Bonchev–Trinajstić information content (AvgIpc) is 3.30. The van der Waals surface area contributed by atoms with Crippen LogP contribution in [0.4, 0.5) is 5.69 Å². The summed E-state index contributed by atoms with van der Waals surface area (Å²) in [5, 5.41) is 11.4. The van der Waals surface area contributed by atoms with E-state index < -0.39 is 16.9 Å². The number of aryl methyl sites for hydroxylation is 1. The Morgan fingerprint density at radius 3 is 2.53 bits per heavy atom. The number of carbonyl (C=O) groups excluding carboxylic acids is 1. The van der Waals surface area contributed by atoms with Crippen molar-refractivity contribution in [2.75, 3.05) is 13.7 Å². The number of nitro groups is 1. The van der Waals surface area contributed by atoms with Gasteiger partial charge >= 0.3 is 5.97 Å². The first kappa shape index (κ1) is 29.7. The third-order valence-electron chi connectivity index (χ3n) is 7.29. The summed E-state index contributed by atoms with van der Waals surface area (Å²) >= 11 is 1.17. The van der Waals surface area contributed by atoms with Gasteiger partial charge in [-0.05, 0) is 60.2 Å². The topological polar surface area (TPSA) is 113 Å². The molecule has 0 bridgehead atoms. The van der Waals surface area contributed by atoms with Gasteiger partial charge in [0.1, 0.15) is 5.75 Å². The predicted octanol–water partition coefficient (Wildman–Crippen LogP) is 5.28. The van der Waals surface area contributed by atoms with Crippen molar-refractivity contribution in [2.24, 2.45) is 4.99 Å². The Morgan fingerprint density at radius 2 is 1.88 bits per heavy atom. The van der Waals surface area contributed by atoms with Gasteiger partial charge in [0.2, 0.25) is 0 Å². The highest BCUT2D eigenvalue weighted by molar-refractivity contribution is 7.07. The van der Waals surface area contributed by atoms with Crippen LogP contribution < -0.4 is 19.6 Å². The standard InChI is InChI=1S/C33H31N3O6S/c1-6-42-32(38)28-29(22-12-8-7-9-13-22)34-33-35(30(28)25-18-24(19(2)3)26(41-5)15-20(25)4)31(37)27(43-33)17-21-11-10-14-23(16-21)36(39)40/h7-19,30H,6H2,1-5H3. The number of rotatable bonds is 8. The third-order valence-corrected chi connectivity index (χ3v) is 8.27. The molecule has 9 nitrogen and oxygen atoms in total. The number of ether oxygens (including phenoxy) is 2. The van der Waals surface area contributed by atoms with Crippen molar-refractivity contribution >= 4 is 34.8 Å². The first-order valence-corrected chi connectivity index (χ1v) is 14.7. The molecule has 2 heterocycles. The van der Waals surface area contributed by atoms with E-state index in [2.05, 4.69) is 13.8 Å². The summed E-state index contributed by atoms with van der Waals surface area (Å²) < 4.78 is 13.1. The highest BCUT2D eigenvalue weighted by atomic mass is 32.1. The molecule has 220 valence electrons. The van der Waals surface area contributed by atoms with Gasteiger partial charge in [0.25, 0.3) is 11.2 Å². The van der Waals surface area contributed by atoms with E-state index in [0.29, 0.717) is 26.2 Å². The smallest absolute Gasteiger partial charge is 0.338 e. The molecule has 0 N–H and O–H groups in total. The largest absolute Gasteiger partial charge is 0.496 e. The molecule has 0 aliphatic carbocycles. The van der Waals surface area contributed by atoms with E-state index in [9.17, 15) is 19.7 Å². The summed E-state index contributed by atoms with van der Waals surface area (Å²) in [7, 11) is 1.62. The molecule has 10 heteroatoms. The number of aromatic nitrogens is 1. The number of non-ortho nitro benzene ring substituents is 1. The SMILES string of the molecule is CCOC(=O)C1=C(c2ccccc2)N=c2sc(=Cc3cccc([N+](=O)[O-])c3)c(=O)n2C1c1cc(C(C)C)c(OC)cc1C. The molecule has 3 aromatic carbocycles. The minimum atomic E-state index is -0.846. The predicted molar refractivity (Wildman–Crippen MR) is 166 cm³/mol. The van der Waals surface area contributed by atoms with Crippen LogP contribution in [0.3, 0.4) is 0 Å². The van der Waals surface area contributed by atoms with Crippen molar-refractivity contribution < 1.29 is 19.2 Å². The van der Waals surface area contributed by atoms with Gasteiger partial charge in [0.15, 0.2) is 4.80 Å². The number of esters is 1. The molecule has 43 heavy (non-hydrogen) atoms. The van der Waals surface area contributed by atoms with Crippen molar-refractivity contribution in [3.05, 3.63) is 130 Å². The van der Waals surface area contributed by atoms with E-state index in [1.165, 1.54) is 28.0 Å². The molecule has 1 aliphatic heterocycles. The second-order valence-corrected chi connectivity index (χ2v) is 11.4. The molecule has 1 atom stereocenters. The van der Waals surface area contributed by atoms with Crippen LogP contribution in [-0.4, -0.2) is 29.2 Å². The van der Waals surface area contributed by atoms with Crippen LogP contribution in [0.5, 0.6) is 5.75 Å². The molecule has 0 saturated heterocycles. The molecular formula is C33H31N3O6S. The molecule has 1 unspecified atom stereocenters. The molecule has 0 spiro atoms. The zero-order valence-corrected chi connectivity index (χ0v) is 25.3. The normalized spacial score (nSPS) is 14.8. The van der Waals surface area contributed by atoms with Crippen LogP contribution in [0.25, 0.3) is 11.8 Å². The molecule has 4 aromatic rings. The molecule has 5 rings (SSSR count). The monoisotopic (exact) mass is 597 g/mol. The number of thiazole rings is 1. The fourth-order valence-corrected chi connectivity index (χ4v) is 6.25. The number of hydrogen-bond donors (Lipinski definition) is 0. The van der Waals surface area contributed by atoms with Gasteiger partial charge in [-0.3, -0.25) is 19.5 Å². The maximum atomic E-state index is 14.2. The van der Waals surface area contributed by atoms with Gasteiger partial charge in [-0.25, -0.2) is 9.79 Å². The minimum Gasteiger partial charge on any atom is -0.496 e. The van der Waals surface area contributed by atoms with Gasteiger partial charge in [0, 0.05) is 17.7 Å². The number of methoxy groups -OCH3 is 1. The number of nitrogens with zero attached hydrogens (tertiary/aromatic N) is 3. The van der Waals surface area contributed by atoms with Crippen molar-refractivity contribution in [3.63, 3.8) is 0 Å². The maximum absolute atomic E-state index is 14.2. The molecule has 0 fully saturated rings. The van der Waals surface area contributed by atoms with Crippen molar-refractivity contribution in [3.8, 4) is 5.75 Å². The van der Waals surface area contributed by atoms with E-state index in [1.54, 1.807) is 32.2 Å². The van der Waals surface area contributed by atoms with E-state index in [-0.39, 0.29) is 29.3 Å². The first-order chi connectivity index (χ1) is 20.6. The molecular weight excluding hydrogens is 566 g/mol. The molecule has 1 aromatic heterocycles. The van der Waals surface area contributed by atoms with Crippen molar-refractivity contribution in [1.29, 1.82) is 0 Å². The van der Waals surface area contributed by atoms with E-state index in [4.69, 9.17) is 14.5 Å². The Morgan fingerprint density at radius 1 is 1.14 bits per heavy atom. The lowest BCUT2D eigenvalue weighted by Gasteiger charge is -2.28. The maximum Gasteiger partial charge on any atom is 0.338 e. The Balaban J connectivity index is 1.87. The van der Waals surface area contributed by atoms with Gasteiger partial charge < -0.3 is 9.47 Å². The summed E-state index contributed by atoms with van der Waals surface area (Å²) in [6.45, 7) is 7.91. The van der Waals surface area contributed by atoms with Crippen LogP contribution in [-0.2, 0) is 9.53 Å². The number of hydrogen-bond acceptors (Lipinski definition) is 8. The van der Waals surface area contributed by atoms with E-state index in [1.807, 2.05) is 49.4 Å². The van der Waals surface area contributed by atoms with Gasteiger partial charge in [-0.15, -0.1) is 0 Å². The number of benzene rings is 3. The second-order valence-electron chi connectivity index (χ2n) is 10.4. The summed E-state index contributed by atoms with van der Waals surface area (Å²) in [6.07, 6.45) is 1.62. The molecule has 0 radical (unpaired) electrons. The zero-order valence-electron chi connectivity index (χ0n) is 24.5. The molecule has 1 aliphatic rings. The molecule has 0 saturated carbocycles. The van der Waals surface area contributed by atoms with Gasteiger partial charge in [0.05, 0.1) is 40.5 Å². The van der Waals surface area contributed by atoms with Crippen LogP contribution >= 0.6 is 11.3 Å². The lowest BCUT2D eigenvalue weighted by atomic mass is 9.87. The number of nitro benzene ring substituents is 1. The van der Waals surface area contributed by atoms with Crippen LogP contribution in [0.2, 0.25) is 0 Å². The average molecular weight is 598 g/mol. The first-order valence-electron chi connectivity index (χ1n) is 13.9. The van der Waals surface area contributed by atoms with Crippen molar-refractivity contribution in [2.45, 2.75) is 39.7 Å². The van der Waals surface area contributed by atoms with Crippen LogP contribution in [0.15, 0.2) is 82.1 Å². The lowest BCUT2D eigenvalue weighted by Crippen LogP contribution is -2.40. The highest BCUT2D eigenvalue weighted by Crippen LogP contribution is 2.39. The second kappa shape index (κ2) is 12.2. The van der Waals surface area contributed by atoms with Gasteiger partial charge in [-0.1, -0.05) is 67.6 Å². The third kappa shape index (κ3) is 5.65. The molecule has 0 amide bonds. The fraction of sp³-hybridized carbons (Fsp3) is 0.242. The Hall–Kier alpha value is -4.83. The Bertz CT molecular complexity index is 1940. The summed E-state index contributed by atoms with van der Waals surface area (Å²) in [6, 6.07) is 18.5. The Labute approximate surface area is 252 Å². The fourth-order valence-electron chi connectivity index (χ4n) is 5.25. The Kier molecular flexibility index (Phi) is 8.40. The van der Waals surface area contributed by atoms with Crippen LogP contribution in [0.1, 0.15) is 60.5 Å². The van der Waals surface area contributed by atoms with Gasteiger partial charge in [-0.2, -0.15) is 0 Å². The zero-order chi connectivity index (χ0) is 30.8. The lowest BCUT2D eigenvalue weighted by molar-refractivity contribution is -0.384. The summed E-state index contributed by atoms with van der Waals surface area (Å²) in [5.41, 5.74) is 3.96. The van der Waals surface area contributed by atoms with Crippen LogP contribution in [0, 0.1) is 17.0 Å². The van der Waals surface area contributed by atoms with E-state index >= 15 is 0 Å². The summed E-state index contributed by atoms with van der Waals surface area (Å²) in [5.74, 6) is 0.256.